The molecule has 0 amide bonds. The average molecular weight is 325 g/mol. The summed E-state index contributed by atoms with van der Waals surface area (Å²) in [6, 6.07) is 5.66. The van der Waals surface area contributed by atoms with Gasteiger partial charge in [0.15, 0.2) is 5.78 Å². The lowest BCUT2D eigenvalue weighted by molar-refractivity contribution is 0.0895. The van der Waals surface area contributed by atoms with Crippen LogP contribution >= 0.6 is 15.9 Å². The second-order valence-electron chi connectivity index (χ2n) is 5.25. The standard InChI is InChI=1S/C16H21BrO2/c1-19-15-10-9-13(17)11-14(15)16(18)12-7-5-3-2-4-6-8-12/h9-12H,2-8H2,1H3. The van der Waals surface area contributed by atoms with Crippen LogP contribution in [0.15, 0.2) is 22.7 Å². The normalized spacial score (nSPS) is 17.6. The smallest absolute Gasteiger partial charge is 0.169 e. The van der Waals surface area contributed by atoms with Crippen LogP contribution in [0.5, 0.6) is 5.75 Å². The molecule has 104 valence electrons. The zero-order valence-corrected chi connectivity index (χ0v) is 13.0. The van der Waals surface area contributed by atoms with Gasteiger partial charge in [-0.3, -0.25) is 4.79 Å². The van der Waals surface area contributed by atoms with Crippen LogP contribution < -0.4 is 4.74 Å². The molecule has 0 saturated heterocycles. The maximum atomic E-state index is 12.7. The van der Waals surface area contributed by atoms with Crippen LogP contribution in [-0.4, -0.2) is 12.9 Å². The van der Waals surface area contributed by atoms with E-state index in [4.69, 9.17) is 4.74 Å². The molecule has 1 aromatic carbocycles. The van der Waals surface area contributed by atoms with Gasteiger partial charge in [-0.2, -0.15) is 0 Å². The Balaban J connectivity index is 2.19. The number of benzene rings is 1. The Morgan fingerprint density at radius 1 is 1.16 bits per heavy atom. The zero-order valence-electron chi connectivity index (χ0n) is 11.5. The van der Waals surface area contributed by atoms with E-state index in [1.807, 2.05) is 18.2 Å². The van der Waals surface area contributed by atoms with E-state index in [-0.39, 0.29) is 11.7 Å². The molecule has 0 radical (unpaired) electrons. The van der Waals surface area contributed by atoms with Gasteiger partial charge >= 0.3 is 0 Å². The molecule has 1 saturated carbocycles. The van der Waals surface area contributed by atoms with Gasteiger partial charge in [0.05, 0.1) is 12.7 Å². The molecule has 3 heteroatoms. The predicted molar refractivity (Wildman–Crippen MR) is 80.8 cm³/mol. The number of hydrogen-bond acceptors (Lipinski definition) is 2. The number of ether oxygens (including phenoxy) is 1. The van der Waals surface area contributed by atoms with E-state index in [1.54, 1.807) is 7.11 Å². The second kappa shape index (κ2) is 7.09. The van der Waals surface area contributed by atoms with Crippen molar-refractivity contribution in [2.45, 2.75) is 44.9 Å². The van der Waals surface area contributed by atoms with Crippen molar-refractivity contribution < 1.29 is 9.53 Å². The summed E-state index contributed by atoms with van der Waals surface area (Å²) in [4.78, 5) is 12.7. The molecule has 1 aromatic rings. The van der Waals surface area contributed by atoms with E-state index in [2.05, 4.69) is 15.9 Å². The Kier molecular flexibility index (Phi) is 5.44. The lowest BCUT2D eigenvalue weighted by atomic mass is 9.85. The third-order valence-electron chi connectivity index (χ3n) is 3.90. The number of hydrogen-bond donors (Lipinski definition) is 0. The lowest BCUT2D eigenvalue weighted by Gasteiger charge is -2.19. The Bertz CT molecular complexity index is 434. The van der Waals surface area contributed by atoms with Gasteiger partial charge < -0.3 is 4.74 Å². The maximum Gasteiger partial charge on any atom is 0.169 e. The zero-order chi connectivity index (χ0) is 13.7. The second-order valence-corrected chi connectivity index (χ2v) is 6.17. The van der Waals surface area contributed by atoms with Gasteiger partial charge in [-0.15, -0.1) is 0 Å². The lowest BCUT2D eigenvalue weighted by Crippen LogP contribution is -2.17. The molecule has 0 unspecified atom stereocenters. The fourth-order valence-corrected chi connectivity index (χ4v) is 3.17. The number of halogens is 1. The summed E-state index contributed by atoms with van der Waals surface area (Å²) in [5.41, 5.74) is 0.724. The first kappa shape index (κ1) is 14.6. The fourth-order valence-electron chi connectivity index (χ4n) is 2.81. The van der Waals surface area contributed by atoms with Crippen molar-refractivity contribution in [1.29, 1.82) is 0 Å². The highest BCUT2D eigenvalue weighted by Crippen LogP contribution is 2.30. The highest BCUT2D eigenvalue weighted by molar-refractivity contribution is 9.10. The van der Waals surface area contributed by atoms with E-state index >= 15 is 0 Å². The van der Waals surface area contributed by atoms with Crippen LogP contribution in [0.3, 0.4) is 0 Å². The quantitative estimate of drug-likeness (QED) is 0.731. The molecule has 0 aromatic heterocycles. The summed E-state index contributed by atoms with van der Waals surface area (Å²) in [5.74, 6) is 1.11. The molecule has 19 heavy (non-hydrogen) atoms. The summed E-state index contributed by atoms with van der Waals surface area (Å²) in [6.07, 6.45) is 8.24. The Hall–Kier alpha value is -0.830. The van der Waals surface area contributed by atoms with Gasteiger partial charge in [0.2, 0.25) is 0 Å². The van der Waals surface area contributed by atoms with Crippen molar-refractivity contribution >= 4 is 21.7 Å². The van der Waals surface area contributed by atoms with Gasteiger partial charge in [0.25, 0.3) is 0 Å². The monoisotopic (exact) mass is 324 g/mol. The number of carbonyl (C=O) groups is 1. The molecule has 0 aliphatic heterocycles. The topological polar surface area (TPSA) is 26.3 Å². The first-order valence-corrected chi connectivity index (χ1v) is 7.89. The van der Waals surface area contributed by atoms with E-state index in [9.17, 15) is 4.79 Å². The van der Waals surface area contributed by atoms with Gasteiger partial charge in [0, 0.05) is 10.4 Å². The van der Waals surface area contributed by atoms with E-state index in [1.165, 1.54) is 32.1 Å². The Morgan fingerprint density at radius 2 is 1.79 bits per heavy atom. The fraction of sp³-hybridized carbons (Fsp3) is 0.562. The molecular formula is C16H21BrO2. The largest absolute Gasteiger partial charge is 0.496 e. The molecule has 1 aliphatic rings. The highest BCUT2D eigenvalue weighted by Gasteiger charge is 2.23. The molecule has 2 rings (SSSR count). The number of carbonyl (C=O) groups excluding carboxylic acids is 1. The predicted octanol–water partition coefficient (Wildman–Crippen LogP) is 5.00. The third-order valence-corrected chi connectivity index (χ3v) is 4.40. The molecule has 0 heterocycles. The molecule has 1 aliphatic carbocycles. The molecule has 0 spiro atoms. The summed E-state index contributed by atoms with van der Waals surface area (Å²) in [7, 11) is 1.62. The van der Waals surface area contributed by atoms with Crippen molar-refractivity contribution in [3.8, 4) is 5.75 Å². The van der Waals surface area contributed by atoms with E-state index < -0.39 is 0 Å². The van der Waals surface area contributed by atoms with Crippen molar-refractivity contribution in [2.75, 3.05) is 7.11 Å². The van der Waals surface area contributed by atoms with Crippen LogP contribution in [0.25, 0.3) is 0 Å². The highest BCUT2D eigenvalue weighted by atomic mass is 79.9. The minimum atomic E-state index is 0.170. The summed E-state index contributed by atoms with van der Waals surface area (Å²) in [5, 5.41) is 0. The van der Waals surface area contributed by atoms with Crippen molar-refractivity contribution in [3.05, 3.63) is 28.2 Å². The van der Waals surface area contributed by atoms with E-state index in [0.717, 1.165) is 22.9 Å². The van der Waals surface area contributed by atoms with Crippen molar-refractivity contribution in [1.82, 2.24) is 0 Å². The average Bonchev–Trinajstić information content (AvgIpc) is 2.37. The SMILES string of the molecule is COc1ccc(Br)cc1C(=O)C1CCCCCCC1. The van der Waals surface area contributed by atoms with Crippen LogP contribution in [0.4, 0.5) is 0 Å². The van der Waals surface area contributed by atoms with Gasteiger partial charge in [-0.1, -0.05) is 48.0 Å². The van der Waals surface area contributed by atoms with Crippen molar-refractivity contribution in [3.63, 3.8) is 0 Å². The summed E-state index contributed by atoms with van der Waals surface area (Å²) in [6.45, 7) is 0. The van der Waals surface area contributed by atoms with E-state index in [0.29, 0.717) is 5.75 Å². The number of rotatable bonds is 3. The Labute approximate surface area is 123 Å². The number of Topliss-reactive ketones (excluding diaryl/α,β-unsaturated/α-hetero) is 1. The van der Waals surface area contributed by atoms with Crippen LogP contribution in [0.1, 0.15) is 55.3 Å². The minimum absolute atomic E-state index is 0.170. The summed E-state index contributed by atoms with van der Waals surface area (Å²) >= 11 is 3.44. The van der Waals surface area contributed by atoms with Gasteiger partial charge in [-0.25, -0.2) is 0 Å². The molecule has 1 fully saturated rings. The van der Waals surface area contributed by atoms with Gasteiger partial charge in [-0.05, 0) is 31.0 Å². The molecular weight excluding hydrogens is 304 g/mol. The maximum absolute atomic E-state index is 12.7. The Morgan fingerprint density at radius 3 is 2.42 bits per heavy atom. The number of ketones is 1. The van der Waals surface area contributed by atoms with Crippen LogP contribution in [-0.2, 0) is 0 Å². The van der Waals surface area contributed by atoms with Gasteiger partial charge in [0.1, 0.15) is 5.75 Å². The molecule has 0 bridgehead atoms. The number of methoxy groups -OCH3 is 1. The van der Waals surface area contributed by atoms with Crippen LogP contribution in [0.2, 0.25) is 0 Å². The third kappa shape index (κ3) is 3.82. The van der Waals surface area contributed by atoms with Crippen LogP contribution in [0, 0.1) is 5.92 Å². The molecule has 0 N–H and O–H groups in total. The first-order valence-electron chi connectivity index (χ1n) is 7.10. The van der Waals surface area contributed by atoms with Crippen molar-refractivity contribution in [2.24, 2.45) is 5.92 Å². The summed E-state index contributed by atoms with van der Waals surface area (Å²) < 4.78 is 6.26. The molecule has 0 atom stereocenters. The first-order chi connectivity index (χ1) is 9.22. The molecule has 2 nitrogen and oxygen atoms in total. The minimum Gasteiger partial charge on any atom is -0.496 e.